The number of nitrogens with zero attached hydrogens (tertiary/aromatic N) is 3. The Labute approximate surface area is 207 Å². The zero-order valence-corrected chi connectivity index (χ0v) is 21.3. The summed E-state index contributed by atoms with van der Waals surface area (Å²) in [7, 11) is 1.70. The molecule has 174 valence electrons. The highest BCUT2D eigenvalue weighted by Gasteiger charge is 2.25. The standard InChI is InChI=1S/C23H32N6O2.HI/c1-4-24-23(25-13-11-22(30)28-21-10-9-17(2)15-26-21)27-18-12-14-29(16-18)19-7-5-6-8-20(19)31-3;/h5-10,15,18H,4,11-14,16H2,1-3H3,(H2,24,25,27)(H,26,28,30);1H. The Kier molecular flexibility index (Phi) is 10.5. The van der Waals surface area contributed by atoms with Gasteiger partial charge in [-0.3, -0.25) is 9.79 Å². The molecule has 8 nitrogen and oxygen atoms in total. The number of aromatic nitrogens is 1. The molecule has 2 aromatic rings. The number of benzene rings is 1. The van der Waals surface area contributed by atoms with Crippen LogP contribution in [-0.2, 0) is 4.79 Å². The van der Waals surface area contributed by atoms with Crippen LogP contribution in [0.1, 0.15) is 25.3 Å². The second kappa shape index (κ2) is 13.1. The van der Waals surface area contributed by atoms with Gasteiger partial charge < -0.3 is 25.6 Å². The lowest BCUT2D eigenvalue weighted by Crippen LogP contribution is -2.44. The maximum Gasteiger partial charge on any atom is 0.227 e. The van der Waals surface area contributed by atoms with Crippen LogP contribution in [0, 0.1) is 6.92 Å². The molecule has 3 rings (SSSR count). The van der Waals surface area contributed by atoms with E-state index in [2.05, 4.69) is 36.9 Å². The van der Waals surface area contributed by atoms with Gasteiger partial charge in [-0.05, 0) is 44.0 Å². The third-order valence-corrected chi connectivity index (χ3v) is 5.09. The number of hydrogen-bond acceptors (Lipinski definition) is 5. The van der Waals surface area contributed by atoms with Gasteiger partial charge in [0.2, 0.25) is 5.91 Å². The number of guanidine groups is 1. The molecular weight excluding hydrogens is 519 g/mol. The first-order valence-electron chi connectivity index (χ1n) is 10.7. The summed E-state index contributed by atoms with van der Waals surface area (Å²) in [4.78, 5) is 23.3. The van der Waals surface area contributed by atoms with E-state index < -0.39 is 0 Å². The Bertz CT molecular complexity index is 890. The Morgan fingerprint density at radius 2 is 2.09 bits per heavy atom. The molecule has 32 heavy (non-hydrogen) atoms. The number of methoxy groups -OCH3 is 1. The number of anilines is 2. The Balaban J connectivity index is 0.00000363. The summed E-state index contributed by atoms with van der Waals surface area (Å²) in [6, 6.07) is 12.1. The van der Waals surface area contributed by atoms with Crippen molar-refractivity contribution in [2.45, 2.75) is 32.7 Å². The number of carbonyl (C=O) groups excluding carboxylic acids is 1. The SMILES string of the molecule is CCNC(=NCCC(=O)Nc1ccc(C)cn1)NC1CCN(c2ccccc2OC)C1.I. The van der Waals surface area contributed by atoms with E-state index in [1.54, 1.807) is 19.4 Å². The normalized spacial score (nSPS) is 15.7. The van der Waals surface area contributed by atoms with Crippen LogP contribution < -0.4 is 25.6 Å². The van der Waals surface area contributed by atoms with E-state index in [4.69, 9.17) is 4.74 Å². The first-order valence-corrected chi connectivity index (χ1v) is 10.7. The number of carbonyl (C=O) groups is 1. The summed E-state index contributed by atoms with van der Waals surface area (Å²) >= 11 is 0. The summed E-state index contributed by atoms with van der Waals surface area (Å²) in [6.07, 6.45) is 3.03. The first-order chi connectivity index (χ1) is 15.1. The van der Waals surface area contributed by atoms with Gasteiger partial charge in [-0.2, -0.15) is 0 Å². The molecule has 1 unspecified atom stereocenters. The number of para-hydroxylation sites is 2. The molecule has 1 aromatic carbocycles. The van der Waals surface area contributed by atoms with E-state index in [9.17, 15) is 4.79 Å². The first kappa shape index (κ1) is 25.7. The van der Waals surface area contributed by atoms with Gasteiger partial charge in [-0.25, -0.2) is 4.98 Å². The maximum atomic E-state index is 12.2. The van der Waals surface area contributed by atoms with Crippen LogP contribution in [-0.4, -0.2) is 56.2 Å². The quantitative estimate of drug-likeness (QED) is 0.265. The van der Waals surface area contributed by atoms with Crippen LogP contribution in [0.25, 0.3) is 0 Å². The maximum absolute atomic E-state index is 12.2. The smallest absolute Gasteiger partial charge is 0.227 e. The Morgan fingerprint density at radius 3 is 2.81 bits per heavy atom. The minimum Gasteiger partial charge on any atom is -0.495 e. The van der Waals surface area contributed by atoms with E-state index in [-0.39, 0.29) is 35.9 Å². The number of rotatable bonds is 8. The number of aliphatic imine (C=N–C) groups is 1. The highest BCUT2D eigenvalue weighted by Crippen LogP contribution is 2.30. The average molecular weight is 552 g/mol. The van der Waals surface area contributed by atoms with Gasteiger partial charge in [0.15, 0.2) is 5.96 Å². The summed E-state index contributed by atoms with van der Waals surface area (Å²) < 4.78 is 5.50. The second-order valence-corrected chi connectivity index (χ2v) is 7.53. The number of amides is 1. The third-order valence-electron chi connectivity index (χ3n) is 5.09. The van der Waals surface area contributed by atoms with Crippen LogP contribution in [0.15, 0.2) is 47.6 Å². The van der Waals surface area contributed by atoms with Crippen LogP contribution in [0.3, 0.4) is 0 Å². The molecule has 2 heterocycles. The number of ether oxygens (including phenoxy) is 1. The van der Waals surface area contributed by atoms with Crippen LogP contribution in [0.2, 0.25) is 0 Å². The second-order valence-electron chi connectivity index (χ2n) is 7.53. The van der Waals surface area contributed by atoms with E-state index >= 15 is 0 Å². The van der Waals surface area contributed by atoms with Crippen molar-refractivity contribution in [1.82, 2.24) is 15.6 Å². The fourth-order valence-corrected chi connectivity index (χ4v) is 3.52. The molecule has 1 aliphatic rings. The number of hydrogen-bond donors (Lipinski definition) is 3. The third kappa shape index (κ3) is 7.54. The zero-order chi connectivity index (χ0) is 22.1. The number of halogens is 1. The lowest BCUT2D eigenvalue weighted by molar-refractivity contribution is -0.116. The van der Waals surface area contributed by atoms with Crippen molar-refractivity contribution >= 4 is 47.3 Å². The topological polar surface area (TPSA) is 90.9 Å². The molecule has 1 aromatic heterocycles. The lowest BCUT2D eigenvalue weighted by Gasteiger charge is -2.22. The van der Waals surface area contributed by atoms with Gasteiger partial charge in [0.05, 0.1) is 19.3 Å². The summed E-state index contributed by atoms with van der Waals surface area (Å²) in [5.74, 6) is 2.08. The van der Waals surface area contributed by atoms with Gasteiger partial charge in [0.1, 0.15) is 11.6 Å². The molecule has 0 radical (unpaired) electrons. The van der Waals surface area contributed by atoms with Crippen molar-refractivity contribution in [3.63, 3.8) is 0 Å². The molecular formula is C23H33IN6O2. The predicted octanol–water partition coefficient (Wildman–Crippen LogP) is 3.18. The van der Waals surface area contributed by atoms with Crippen molar-refractivity contribution < 1.29 is 9.53 Å². The van der Waals surface area contributed by atoms with E-state index in [1.807, 2.05) is 38.1 Å². The van der Waals surface area contributed by atoms with E-state index in [0.717, 1.165) is 49.0 Å². The average Bonchev–Trinajstić information content (AvgIpc) is 3.23. The minimum absolute atomic E-state index is 0. The molecule has 0 bridgehead atoms. The minimum atomic E-state index is -0.0980. The van der Waals surface area contributed by atoms with Gasteiger partial charge in [0.25, 0.3) is 0 Å². The molecule has 0 aliphatic carbocycles. The van der Waals surface area contributed by atoms with E-state index in [1.165, 1.54) is 0 Å². The van der Waals surface area contributed by atoms with E-state index in [0.29, 0.717) is 18.8 Å². The summed E-state index contributed by atoms with van der Waals surface area (Å²) in [6.45, 7) is 6.96. The molecule has 1 amide bonds. The van der Waals surface area contributed by atoms with Gasteiger partial charge in [-0.15, -0.1) is 24.0 Å². The monoisotopic (exact) mass is 552 g/mol. The fraction of sp³-hybridized carbons (Fsp3) is 0.435. The molecule has 1 atom stereocenters. The zero-order valence-electron chi connectivity index (χ0n) is 18.9. The van der Waals surface area contributed by atoms with Gasteiger partial charge in [0, 0.05) is 38.3 Å². The van der Waals surface area contributed by atoms with Crippen molar-refractivity contribution in [3.8, 4) is 5.75 Å². The van der Waals surface area contributed by atoms with Crippen LogP contribution in [0.4, 0.5) is 11.5 Å². The number of aryl methyl sites for hydroxylation is 1. The van der Waals surface area contributed by atoms with Crippen molar-refractivity contribution in [2.24, 2.45) is 4.99 Å². The molecule has 0 spiro atoms. The molecule has 1 fully saturated rings. The molecule has 0 saturated carbocycles. The summed E-state index contributed by atoms with van der Waals surface area (Å²) in [5.41, 5.74) is 2.16. The van der Waals surface area contributed by atoms with Gasteiger partial charge >= 0.3 is 0 Å². The van der Waals surface area contributed by atoms with Crippen LogP contribution in [0.5, 0.6) is 5.75 Å². The van der Waals surface area contributed by atoms with Gasteiger partial charge in [-0.1, -0.05) is 18.2 Å². The highest BCUT2D eigenvalue weighted by atomic mass is 127. The molecule has 1 saturated heterocycles. The predicted molar refractivity (Wildman–Crippen MR) is 140 cm³/mol. The van der Waals surface area contributed by atoms with Crippen molar-refractivity contribution in [3.05, 3.63) is 48.2 Å². The number of nitrogens with one attached hydrogen (secondary N) is 3. The van der Waals surface area contributed by atoms with Crippen molar-refractivity contribution in [1.29, 1.82) is 0 Å². The lowest BCUT2D eigenvalue weighted by atomic mass is 10.2. The highest BCUT2D eigenvalue weighted by molar-refractivity contribution is 14.0. The Hall–Kier alpha value is -2.56. The Morgan fingerprint density at radius 1 is 1.28 bits per heavy atom. The largest absolute Gasteiger partial charge is 0.495 e. The van der Waals surface area contributed by atoms with Crippen LogP contribution >= 0.6 is 24.0 Å². The molecule has 1 aliphatic heterocycles. The molecule has 9 heteroatoms. The summed E-state index contributed by atoms with van der Waals surface area (Å²) in [5, 5.41) is 9.57. The molecule has 3 N–H and O–H groups in total. The van der Waals surface area contributed by atoms with Crippen molar-refractivity contribution in [2.75, 3.05) is 43.5 Å². The number of pyridine rings is 1. The fourth-order valence-electron chi connectivity index (χ4n) is 3.52.